The molecule has 0 heterocycles. The van der Waals surface area contributed by atoms with E-state index in [9.17, 15) is 14.9 Å². The second-order valence-corrected chi connectivity index (χ2v) is 3.52. The minimum absolute atomic E-state index is 0.0719. The minimum atomic E-state index is -0.676. The number of rotatable bonds is 4. The van der Waals surface area contributed by atoms with Gasteiger partial charge in [0.1, 0.15) is 5.56 Å². The Morgan fingerprint density at radius 2 is 2.29 bits per heavy atom. The van der Waals surface area contributed by atoms with Crippen molar-refractivity contribution in [1.29, 1.82) is 5.26 Å². The average Bonchev–Trinajstić information content (AvgIpc) is 2.29. The molecule has 1 N–H and O–H groups in total. The lowest BCUT2D eigenvalue weighted by atomic mass is 10.1. The molecule has 0 saturated heterocycles. The van der Waals surface area contributed by atoms with Crippen molar-refractivity contribution >= 4 is 23.2 Å². The van der Waals surface area contributed by atoms with Gasteiger partial charge in [0.15, 0.2) is 0 Å². The molecular formula is C10H8ClN3O3. The largest absolute Gasteiger partial charge is 0.351 e. The second kappa shape index (κ2) is 5.82. The SMILES string of the molecule is N#CCCNC(=O)c1ccc(Cl)cc1[N+](=O)[O-]. The normalized spacial score (nSPS) is 9.41. The smallest absolute Gasteiger partial charge is 0.283 e. The molecule has 0 fully saturated rings. The molecule has 1 aromatic carbocycles. The molecule has 0 aliphatic heterocycles. The van der Waals surface area contributed by atoms with Crippen LogP contribution >= 0.6 is 11.6 Å². The van der Waals surface area contributed by atoms with Crippen LogP contribution in [0, 0.1) is 21.4 Å². The van der Waals surface area contributed by atoms with Gasteiger partial charge in [-0.25, -0.2) is 0 Å². The van der Waals surface area contributed by atoms with Gasteiger partial charge in [0.25, 0.3) is 11.6 Å². The molecule has 0 bridgehead atoms. The van der Waals surface area contributed by atoms with Crippen molar-refractivity contribution in [3.8, 4) is 6.07 Å². The molecule has 0 unspecified atom stereocenters. The maximum atomic E-state index is 11.6. The summed E-state index contributed by atoms with van der Waals surface area (Å²) in [6.07, 6.45) is 0.146. The Kier molecular flexibility index (Phi) is 4.43. The highest BCUT2D eigenvalue weighted by Gasteiger charge is 2.19. The fraction of sp³-hybridized carbons (Fsp3) is 0.200. The van der Waals surface area contributed by atoms with Crippen LogP contribution in [-0.2, 0) is 0 Å². The highest BCUT2D eigenvalue weighted by Crippen LogP contribution is 2.22. The number of benzene rings is 1. The number of halogens is 1. The van der Waals surface area contributed by atoms with E-state index in [1.165, 1.54) is 12.1 Å². The van der Waals surface area contributed by atoms with Crippen LogP contribution in [0.5, 0.6) is 0 Å². The summed E-state index contributed by atoms with van der Waals surface area (Å²) in [5.74, 6) is -0.594. The van der Waals surface area contributed by atoms with Gasteiger partial charge in [-0.15, -0.1) is 0 Å². The Balaban J connectivity index is 2.93. The number of hydrogen-bond acceptors (Lipinski definition) is 4. The number of nitrogens with one attached hydrogen (secondary N) is 1. The van der Waals surface area contributed by atoms with Gasteiger partial charge in [-0.2, -0.15) is 5.26 Å². The van der Waals surface area contributed by atoms with E-state index in [2.05, 4.69) is 5.32 Å². The molecule has 1 rings (SSSR count). The van der Waals surface area contributed by atoms with E-state index in [0.29, 0.717) is 0 Å². The van der Waals surface area contributed by atoms with Crippen molar-refractivity contribution in [2.24, 2.45) is 0 Å². The summed E-state index contributed by atoms with van der Waals surface area (Å²) in [5.41, 5.74) is -0.427. The van der Waals surface area contributed by atoms with Gasteiger partial charge in [0, 0.05) is 17.6 Å². The first kappa shape index (κ1) is 12.9. The molecule has 7 heteroatoms. The van der Waals surface area contributed by atoms with Crippen molar-refractivity contribution < 1.29 is 9.72 Å². The van der Waals surface area contributed by atoms with Crippen molar-refractivity contribution in [2.45, 2.75) is 6.42 Å². The Morgan fingerprint density at radius 1 is 1.59 bits per heavy atom. The molecule has 0 spiro atoms. The highest BCUT2D eigenvalue weighted by atomic mass is 35.5. The van der Waals surface area contributed by atoms with E-state index in [1.807, 2.05) is 6.07 Å². The van der Waals surface area contributed by atoms with Gasteiger partial charge < -0.3 is 5.32 Å². The van der Waals surface area contributed by atoms with Crippen LogP contribution in [0.15, 0.2) is 18.2 Å². The topological polar surface area (TPSA) is 96.0 Å². The standard InChI is InChI=1S/C10H8ClN3O3/c11-7-2-3-8(9(6-7)14(16)17)10(15)13-5-1-4-12/h2-3,6H,1,5H2,(H,13,15). The fourth-order valence-corrected chi connectivity index (χ4v) is 1.34. The summed E-state index contributed by atoms with van der Waals surface area (Å²) < 4.78 is 0. The summed E-state index contributed by atoms with van der Waals surface area (Å²) in [5, 5.41) is 21.6. The second-order valence-electron chi connectivity index (χ2n) is 3.08. The monoisotopic (exact) mass is 253 g/mol. The molecule has 0 aromatic heterocycles. The molecule has 0 radical (unpaired) electrons. The lowest BCUT2D eigenvalue weighted by molar-refractivity contribution is -0.385. The molecule has 1 amide bonds. The van der Waals surface area contributed by atoms with Crippen LogP contribution in [0.25, 0.3) is 0 Å². The average molecular weight is 254 g/mol. The number of nitro benzene ring substituents is 1. The molecule has 6 nitrogen and oxygen atoms in total. The molecule has 88 valence electrons. The fourth-order valence-electron chi connectivity index (χ4n) is 1.18. The Hall–Kier alpha value is -2.13. The van der Waals surface area contributed by atoms with E-state index in [0.717, 1.165) is 6.07 Å². The predicted molar refractivity (Wildman–Crippen MR) is 60.7 cm³/mol. The number of nitrogens with zero attached hydrogens (tertiary/aromatic N) is 2. The quantitative estimate of drug-likeness (QED) is 0.503. The van der Waals surface area contributed by atoms with Crippen LogP contribution in [0.3, 0.4) is 0 Å². The van der Waals surface area contributed by atoms with E-state index >= 15 is 0 Å². The number of carbonyl (C=O) groups excluding carboxylic acids is 1. The Labute approximate surface area is 102 Å². The maximum Gasteiger partial charge on any atom is 0.283 e. The zero-order valence-electron chi connectivity index (χ0n) is 8.64. The first-order chi connectivity index (χ1) is 8.06. The first-order valence-electron chi connectivity index (χ1n) is 4.65. The van der Waals surface area contributed by atoms with Gasteiger partial charge in [0.2, 0.25) is 0 Å². The number of carbonyl (C=O) groups is 1. The number of nitro groups is 1. The van der Waals surface area contributed by atoms with Gasteiger partial charge in [-0.3, -0.25) is 14.9 Å². The molecule has 0 aliphatic rings. The Bertz CT molecular complexity index is 496. The summed E-state index contributed by atoms with van der Waals surface area (Å²) in [4.78, 5) is 21.6. The van der Waals surface area contributed by atoms with Crippen molar-refractivity contribution in [2.75, 3.05) is 6.54 Å². The van der Waals surface area contributed by atoms with E-state index in [-0.39, 0.29) is 29.2 Å². The number of amides is 1. The van der Waals surface area contributed by atoms with Gasteiger partial charge >= 0.3 is 0 Å². The van der Waals surface area contributed by atoms with Gasteiger partial charge in [-0.1, -0.05) is 11.6 Å². The summed E-state index contributed by atoms with van der Waals surface area (Å²) in [7, 11) is 0. The number of hydrogen-bond donors (Lipinski definition) is 1. The molecule has 0 aliphatic carbocycles. The highest BCUT2D eigenvalue weighted by molar-refractivity contribution is 6.31. The molecule has 17 heavy (non-hydrogen) atoms. The molecule has 0 saturated carbocycles. The number of nitriles is 1. The third-order valence-electron chi connectivity index (χ3n) is 1.92. The van der Waals surface area contributed by atoms with E-state index in [1.54, 1.807) is 0 Å². The molecule has 1 aromatic rings. The van der Waals surface area contributed by atoms with Crippen molar-refractivity contribution in [1.82, 2.24) is 5.32 Å². The van der Waals surface area contributed by atoms with Gasteiger partial charge in [0.05, 0.1) is 17.4 Å². The van der Waals surface area contributed by atoms with Crippen LogP contribution in [0.2, 0.25) is 5.02 Å². The van der Waals surface area contributed by atoms with Gasteiger partial charge in [-0.05, 0) is 12.1 Å². The zero-order valence-corrected chi connectivity index (χ0v) is 9.40. The maximum absolute atomic E-state index is 11.6. The van der Waals surface area contributed by atoms with Crippen LogP contribution < -0.4 is 5.32 Å². The lowest BCUT2D eigenvalue weighted by Crippen LogP contribution is -2.24. The van der Waals surface area contributed by atoms with Crippen molar-refractivity contribution in [3.63, 3.8) is 0 Å². The first-order valence-corrected chi connectivity index (χ1v) is 5.03. The third kappa shape index (κ3) is 3.43. The van der Waals surface area contributed by atoms with Crippen molar-refractivity contribution in [3.05, 3.63) is 38.9 Å². The van der Waals surface area contributed by atoms with Crippen LogP contribution in [0.1, 0.15) is 16.8 Å². The third-order valence-corrected chi connectivity index (χ3v) is 2.16. The van der Waals surface area contributed by atoms with E-state index < -0.39 is 10.8 Å². The van der Waals surface area contributed by atoms with E-state index in [4.69, 9.17) is 16.9 Å². The Morgan fingerprint density at radius 3 is 2.88 bits per heavy atom. The van der Waals surface area contributed by atoms with Crippen LogP contribution in [-0.4, -0.2) is 17.4 Å². The summed E-state index contributed by atoms with van der Waals surface area (Å²) >= 11 is 5.61. The lowest BCUT2D eigenvalue weighted by Gasteiger charge is -2.03. The molecular weight excluding hydrogens is 246 g/mol. The zero-order chi connectivity index (χ0) is 12.8. The molecule has 0 atom stereocenters. The predicted octanol–water partition coefficient (Wildman–Crippen LogP) is 1.89. The summed E-state index contributed by atoms with van der Waals surface area (Å²) in [6, 6.07) is 5.64. The summed E-state index contributed by atoms with van der Waals surface area (Å²) in [6.45, 7) is 0.148. The minimum Gasteiger partial charge on any atom is -0.351 e. The van der Waals surface area contributed by atoms with Crippen LogP contribution in [0.4, 0.5) is 5.69 Å².